The van der Waals surface area contributed by atoms with E-state index < -0.39 is 0 Å². The maximum Gasteiger partial charge on any atom is 0.0621 e. The van der Waals surface area contributed by atoms with Crippen molar-refractivity contribution in [1.29, 1.82) is 0 Å². The maximum atomic E-state index is 6.15. The molecule has 2 N–H and O–H groups in total. The second-order valence-corrected chi connectivity index (χ2v) is 6.62. The molecule has 0 spiro atoms. The molecule has 1 atom stereocenters. The minimum absolute atomic E-state index is 0.0730. The van der Waals surface area contributed by atoms with E-state index in [0.29, 0.717) is 5.02 Å². The highest BCUT2D eigenvalue weighted by atomic mass is 79.9. The van der Waals surface area contributed by atoms with Crippen molar-refractivity contribution in [3.63, 3.8) is 0 Å². The van der Waals surface area contributed by atoms with Crippen LogP contribution in [0.3, 0.4) is 0 Å². The van der Waals surface area contributed by atoms with Crippen molar-refractivity contribution in [2.24, 2.45) is 5.73 Å². The molecule has 1 aromatic carbocycles. The van der Waals surface area contributed by atoms with Crippen molar-refractivity contribution < 1.29 is 0 Å². The molecule has 0 bridgehead atoms. The maximum absolute atomic E-state index is 6.15. The van der Waals surface area contributed by atoms with Gasteiger partial charge in [0.25, 0.3) is 0 Å². The molecule has 2 nitrogen and oxygen atoms in total. The zero-order valence-corrected chi connectivity index (χ0v) is 13.4. The average molecular weight is 358 g/mol. The van der Waals surface area contributed by atoms with Gasteiger partial charge in [-0.1, -0.05) is 33.6 Å². The molecule has 5 heteroatoms. The largest absolute Gasteiger partial charge is 0.327 e. The highest BCUT2D eigenvalue weighted by molar-refractivity contribution is 9.10. The van der Waals surface area contributed by atoms with Crippen LogP contribution in [-0.2, 0) is 6.42 Å². The first kappa shape index (κ1) is 14.9. The van der Waals surface area contributed by atoms with Gasteiger partial charge < -0.3 is 5.73 Å². The minimum atomic E-state index is 0.0730. The van der Waals surface area contributed by atoms with E-state index in [-0.39, 0.29) is 6.04 Å². The predicted octanol–water partition coefficient (Wildman–Crippen LogP) is 4.16. The van der Waals surface area contributed by atoms with Gasteiger partial charge in [-0.25, -0.2) is 0 Å². The zero-order chi connectivity index (χ0) is 13.7. The molecule has 0 aliphatic heterocycles. The number of halogens is 2. The van der Waals surface area contributed by atoms with Crippen LogP contribution in [-0.4, -0.2) is 16.8 Å². The van der Waals surface area contributed by atoms with E-state index >= 15 is 0 Å². The van der Waals surface area contributed by atoms with E-state index in [1.165, 1.54) is 4.90 Å². The van der Waals surface area contributed by atoms with Crippen LogP contribution >= 0.6 is 39.3 Å². The number of thioether (sulfide) groups is 1. The molecule has 0 aliphatic carbocycles. The molecule has 100 valence electrons. The molecular weight excluding hydrogens is 344 g/mol. The molecule has 0 aliphatic rings. The topological polar surface area (TPSA) is 38.9 Å². The van der Waals surface area contributed by atoms with Gasteiger partial charge in [0, 0.05) is 33.6 Å². The van der Waals surface area contributed by atoms with E-state index in [1.807, 2.05) is 18.2 Å². The van der Waals surface area contributed by atoms with Crippen LogP contribution in [0.15, 0.2) is 52.1 Å². The Morgan fingerprint density at radius 3 is 2.95 bits per heavy atom. The fourth-order valence-electron chi connectivity index (χ4n) is 1.67. The molecule has 1 aromatic heterocycles. The summed E-state index contributed by atoms with van der Waals surface area (Å²) < 4.78 is 1.09. The molecule has 1 unspecified atom stereocenters. The lowest BCUT2D eigenvalue weighted by Crippen LogP contribution is -2.25. The van der Waals surface area contributed by atoms with E-state index in [2.05, 4.69) is 33.0 Å². The number of hydrogen-bond acceptors (Lipinski definition) is 3. The Hall–Kier alpha value is -0.550. The summed E-state index contributed by atoms with van der Waals surface area (Å²) in [6.45, 7) is 0. The molecular formula is C14H14BrClN2S. The van der Waals surface area contributed by atoms with Crippen LogP contribution in [0.2, 0.25) is 5.02 Å². The van der Waals surface area contributed by atoms with Crippen molar-refractivity contribution in [2.45, 2.75) is 17.4 Å². The highest BCUT2D eigenvalue weighted by Gasteiger charge is 2.08. The predicted molar refractivity (Wildman–Crippen MR) is 85.8 cm³/mol. The van der Waals surface area contributed by atoms with Crippen molar-refractivity contribution in [3.8, 4) is 0 Å². The van der Waals surface area contributed by atoms with Gasteiger partial charge in [-0.3, -0.25) is 4.98 Å². The first-order valence-corrected chi connectivity index (χ1v) is 8.03. The van der Waals surface area contributed by atoms with Gasteiger partial charge >= 0.3 is 0 Å². The summed E-state index contributed by atoms with van der Waals surface area (Å²) in [7, 11) is 0. The standard InChI is InChI=1S/C14H14BrClN2S/c15-11-2-1-3-13(7-11)19-9-12(17)6-10-4-5-18-8-14(10)16/h1-5,7-8,12H,6,9,17H2. The van der Waals surface area contributed by atoms with Crippen molar-refractivity contribution >= 4 is 39.3 Å². The second kappa shape index (κ2) is 7.29. The summed E-state index contributed by atoms with van der Waals surface area (Å²) in [5, 5.41) is 0.686. The number of pyridine rings is 1. The second-order valence-electron chi connectivity index (χ2n) is 4.20. The normalized spacial score (nSPS) is 12.4. The third-order valence-corrected chi connectivity index (χ3v) is 4.61. The van der Waals surface area contributed by atoms with Gasteiger partial charge in [0.1, 0.15) is 0 Å². The number of nitrogens with two attached hydrogens (primary N) is 1. The third-order valence-electron chi connectivity index (χ3n) is 2.60. The van der Waals surface area contributed by atoms with Gasteiger partial charge in [0.2, 0.25) is 0 Å². The van der Waals surface area contributed by atoms with Gasteiger partial charge in [-0.05, 0) is 36.2 Å². The Balaban J connectivity index is 1.88. The van der Waals surface area contributed by atoms with Crippen LogP contribution in [0.4, 0.5) is 0 Å². The third kappa shape index (κ3) is 4.80. The van der Waals surface area contributed by atoms with Crippen LogP contribution in [0, 0.1) is 0 Å². The van der Waals surface area contributed by atoms with Gasteiger partial charge in [-0.2, -0.15) is 0 Å². The Morgan fingerprint density at radius 2 is 2.21 bits per heavy atom. The number of aromatic nitrogens is 1. The number of hydrogen-bond donors (Lipinski definition) is 1. The first-order valence-electron chi connectivity index (χ1n) is 5.87. The van der Waals surface area contributed by atoms with Crippen LogP contribution < -0.4 is 5.73 Å². The fourth-order valence-corrected chi connectivity index (χ4v) is 3.33. The first-order chi connectivity index (χ1) is 9.15. The summed E-state index contributed by atoms with van der Waals surface area (Å²) in [6, 6.07) is 10.2. The van der Waals surface area contributed by atoms with Crippen molar-refractivity contribution in [1.82, 2.24) is 4.98 Å². The Kier molecular flexibility index (Phi) is 5.70. The molecule has 1 heterocycles. The molecule has 0 fully saturated rings. The van der Waals surface area contributed by atoms with Crippen molar-refractivity contribution in [3.05, 3.63) is 57.8 Å². The summed E-state index contributed by atoms with van der Waals surface area (Å²) in [6.07, 6.45) is 4.17. The lowest BCUT2D eigenvalue weighted by molar-refractivity contribution is 0.748. The summed E-state index contributed by atoms with van der Waals surface area (Å²) in [5.74, 6) is 0.856. The number of rotatable bonds is 5. The Labute approximate surface area is 130 Å². The fraction of sp³-hybridized carbons (Fsp3) is 0.214. The smallest absolute Gasteiger partial charge is 0.0621 e. The van der Waals surface area contributed by atoms with Crippen LogP contribution in [0.25, 0.3) is 0 Å². The molecule has 19 heavy (non-hydrogen) atoms. The molecule has 2 rings (SSSR count). The minimum Gasteiger partial charge on any atom is -0.327 e. The van der Waals surface area contributed by atoms with Crippen molar-refractivity contribution in [2.75, 3.05) is 5.75 Å². The van der Waals surface area contributed by atoms with Crippen LogP contribution in [0.5, 0.6) is 0 Å². The lowest BCUT2D eigenvalue weighted by Gasteiger charge is -2.12. The summed E-state index contributed by atoms with van der Waals surface area (Å²) >= 11 is 11.3. The summed E-state index contributed by atoms with van der Waals surface area (Å²) in [4.78, 5) is 5.19. The van der Waals surface area contributed by atoms with Gasteiger partial charge in [0.15, 0.2) is 0 Å². The Morgan fingerprint density at radius 1 is 1.37 bits per heavy atom. The monoisotopic (exact) mass is 356 g/mol. The molecule has 2 aromatic rings. The highest BCUT2D eigenvalue weighted by Crippen LogP contribution is 2.23. The average Bonchev–Trinajstić information content (AvgIpc) is 2.39. The van der Waals surface area contributed by atoms with E-state index in [9.17, 15) is 0 Å². The van der Waals surface area contributed by atoms with Gasteiger partial charge in [0.05, 0.1) is 5.02 Å². The SMILES string of the molecule is NC(CSc1cccc(Br)c1)Cc1ccncc1Cl. The molecule has 0 saturated heterocycles. The van der Waals surface area contributed by atoms with E-state index in [0.717, 1.165) is 22.2 Å². The van der Waals surface area contributed by atoms with E-state index in [1.54, 1.807) is 24.2 Å². The number of nitrogens with zero attached hydrogens (tertiary/aromatic N) is 1. The lowest BCUT2D eigenvalue weighted by atomic mass is 10.1. The Bertz CT molecular complexity index is 550. The molecule has 0 saturated carbocycles. The van der Waals surface area contributed by atoms with Crippen LogP contribution in [0.1, 0.15) is 5.56 Å². The molecule has 0 amide bonds. The van der Waals surface area contributed by atoms with E-state index in [4.69, 9.17) is 17.3 Å². The number of benzene rings is 1. The van der Waals surface area contributed by atoms with Gasteiger partial charge in [-0.15, -0.1) is 11.8 Å². The quantitative estimate of drug-likeness (QED) is 0.817. The molecule has 0 radical (unpaired) electrons. The summed E-state index contributed by atoms with van der Waals surface area (Å²) in [5.41, 5.74) is 7.20. The zero-order valence-electron chi connectivity index (χ0n) is 10.2.